The molecule has 2 nitrogen and oxygen atoms in total. The molecule has 0 amide bonds. The van der Waals surface area contributed by atoms with E-state index in [1.54, 1.807) is 11.3 Å². The maximum absolute atomic E-state index is 8.92. The molecule has 2 heterocycles. The monoisotopic (exact) mass is 188 g/mol. The Hall–Kier alpha value is -1.53. The molecule has 0 aliphatic heterocycles. The number of rotatable bonds is 1. The van der Waals surface area contributed by atoms with Gasteiger partial charge in [-0.25, -0.2) is 0 Å². The SMILES string of the molecule is Cn1ccc(-c2ccsc2)c1C#N. The van der Waals surface area contributed by atoms with Gasteiger partial charge in [0.05, 0.1) is 0 Å². The van der Waals surface area contributed by atoms with Gasteiger partial charge in [-0.15, -0.1) is 0 Å². The van der Waals surface area contributed by atoms with Crippen molar-refractivity contribution in [2.75, 3.05) is 0 Å². The Morgan fingerprint density at radius 3 is 2.92 bits per heavy atom. The second-order valence-electron chi connectivity index (χ2n) is 2.81. The third kappa shape index (κ3) is 1.25. The molecule has 0 aliphatic carbocycles. The van der Waals surface area contributed by atoms with Gasteiger partial charge in [-0.3, -0.25) is 0 Å². The summed E-state index contributed by atoms with van der Waals surface area (Å²) in [6, 6.07) is 6.20. The van der Waals surface area contributed by atoms with Gasteiger partial charge in [0.1, 0.15) is 11.8 Å². The van der Waals surface area contributed by atoms with E-state index in [0.29, 0.717) is 0 Å². The van der Waals surface area contributed by atoms with Crippen molar-refractivity contribution >= 4 is 11.3 Å². The van der Waals surface area contributed by atoms with E-state index in [1.807, 2.05) is 35.3 Å². The lowest BCUT2D eigenvalue weighted by Crippen LogP contribution is -1.89. The van der Waals surface area contributed by atoms with Gasteiger partial charge < -0.3 is 4.57 Å². The molecule has 0 saturated heterocycles. The Morgan fingerprint density at radius 1 is 1.46 bits per heavy atom. The van der Waals surface area contributed by atoms with Crippen molar-refractivity contribution in [3.8, 4) is 17.2 Å². The van der Waals surface area contributed by atoms with Crippen LogP contribution in [0, 0.1) is 11.3 Å². The fourth-order valence-corrected chi connectivity index (χ4v) is 1.98. The first-order valence-electron chi connectivity index (χ1n) is 3.91. The van der Waals surface area contributed by atoms with Crippen LogP contribution in [0.3, 0.4) is 0 Å². The number of nitriles is 1. The van der Waals surface area contributed by atoms with Gasteiger partial charge in [-0.2, -0.15) is 16.6 Å². The quantitative estimate of drug-likeness (QED) is 0.676. The van der Waals surface area contributed by atoms with Gasteiger partial charge in [0.25, 0.3) is 0 Å². The maximum Gasteiger partial charge on any atom is 0.127 e. The van der Waals surface area contributed by atoms with Crippen LogP contribution >= 0.6 is 11.3 Å². The second kappa shape index (κ2) is 3.08. The third-order valence-corrected chi connectivity index (χ3v) is 2.69. The normalized spacial score (nSPS) is 9.85. The summed E-state index contributed by atoms with van der Waals surface area (Å²) in [4.78, 5) is 0. The van der Waals surface area contributed by atoms with Gasteiger partial charge in [-0.1, -0.05) is 0 Å². The van der Waals surface area contributed by atoms with Crippen molar-refractivity contribution in [3.63, 3.8) is 0 Å². The average Bonchev–Trinajstić information content (AvgIpc) is 2.71. The predicted molar refractivity (Wildman–Crippen MR) is 53.4 cm³/mol. The molecular weight excluding hydrogens is 180 g/mol. The Kier molecular flexibility index (Phi) is 1.91. The summed E-state index contributed by atoms with van der Waals surface area (Å²) < 4.78 is 1.84. The maximum atomic E-state index is 8.92. The Morgan fingerprint density at radius 2 is 2.31 bits per heavy atom. The molecule has 0 fully saturated rings. The van der Waals surface area contributed by atoms with Crippen molar-refractivity contribution in [2.24, 2.45) is 7.05 Å². The molecule has 0 atom stereocenters. The minimum absolute atomic E-state index is 0.721. The zero-order valence-corrected chi connectivity index (χ0v) is 8.01. The van der Waals surface area contributed by atoms with Crippen LogP contribution in [0.5, 0.6) is 0 Å². The minimum atomic E-state index is 0.721. The number of nitrogens with zero attached hydrogens (tertiary/aromatic N) is 2. The van der Waals surface area contributed by atoms with Crippen molar-refractivity contribution in [1.29, 1.82) is 5.26 Å². The molecule has 0 spiro atoms. The Labute approximate surface area is 80.7 Å². The van der Waals surface area contributed by atoms with Crippen molar-refractivity contribution in [2.45, 2.75) is 0 Å². The summed E-state index contributed by atoms with van der Waals surface area (Å²) in [6.07, 6.45) is 1.91. The lowest BCUT2D eigenvalue weighted by Gasteiger charge is -1.95. The molecule has 13 heavy (non-hydrogen) atoms. The first kappa shape index (κ1) is 8.09. The van der Waals surface area contributed by atoms with Gasteiger partial charge in [-0.05, 0) is 28.5 Å². The number of aryl methyl sites for hydroxylation is 1. The van der Waals surface area contributed by atoms with E-state index in [-0.39, 0.29) is 0 Å². The molecule has 3 heteroatoms. The van der Waals surface area contributed by atoms with E-state index in [4.69, 9.17) is 5.26 Å². The minimum Gasteiger partial charge on any atom is -0.342 e. The Balaban J connectivity index is 2.60. The van der Waals surface area contributed by atoms with Crippen LogP contribution in [0.1, 0.15) is 5.69 Å². The smallest absolute Gasteiger partial charge is 0.127 e. The average molecular weight is 188 g/mol. The molecule has 0 N–H and O–H groups in total. The van der Waals surface area contributed by atoms with E-state index in [1.165, 1.54) is 0 Å². The molecule has 0 bridgehead atoms. The molecule has 0 radical (unpaired) electrons. The summed E-state index contributed by atoms with van der Waals surface area (Å²) >= 11 is 1.64. The van der Waals surface area contributed by atoms with Crippen LogP contribution in [0.15, 0.2) is 29.1 Å². The highest BCUT2D eigenvalue weighted by molar-refractivity contribution is 7.08. The van der Waals surface area contributed by atoms with Crippen molar-refractivity contribution < 1.29 is 0 Å². The molecule has 2 rings (SSSR count). The summed E-state index contributed by atoms with van der Waals surface area (Å²) in [5.41, 5.74) is 2.87. The van der Waals surface area contributed by atoms with E-state index in [9.17, 15) is 0 Å². The highest BCUT2D eigenvalue weighted by Crippen LogP contribution is 2.25. The third-order valence-electron chi connectivity index (χ3n) is 2.01. The number of hydrogen-bond donors (Lipinski definition) is 0. The molecule has 2 aromatic rings. The van der Waals surface area contributed by atoms with E-state index in [0.717, 1.165) is 16.8 Å². The summed E-state index contributed by atoms with van der Waals surface area (Å²) in [7, 11) is 1.88. The Bertz CT molecular complexity index is 446. The van der Waals surface area contributed by atoms with Gasteiger partial charge in [0.15, 0.2) is 0 Å². The summed E-state index contributed by atoms with van der Waals surface area (Å²) in [5.74, 6) is 0. The number of aromatic nitrogens is 1. The summed E-state index contributed by atoms with van der Waals surface area (Å²) in [6.45, 7) is 0. The fourth-order valence-electron chi connectivity index (χ4n) is 1.32. The number of thiophene rings is 1. The van der Waals surface area contributed by atoms with Crippen molar-refractivity contribution in [1.82, 2.24) is 4.57 Å². The molecular formula is C10H8N2S. The van der Waals surface area contributed by atoms with Crippen LogP contribution in [0.4, 0.5) is 0 Å². The summed E-state index contributed by atoms with van der Waals surface area (Å²) in [5, 5.41) is 13.0. The van der Waals surface area contributed by atoms with Crippen LogP contribution in [-0.4, -0.2) is 4.57 Å². The number of hydrogen-bond acceptors (Lipinski definition) is 2. The largest absolute Gasteiger partial charge is 0.342 e. The predicted octanol–water partition coefficient (Wildman–Crippen LogP) is 2.63. The van der Waals surface area contributed by atoms with Crippen LogP contribution in [0.2, 0.25) is 0 Å². The van der Waals surface area contributed by atoms with Crippen LogP contribution < -0.4 is 0 Å². The van der Waals surface area contributed by atoms with E-state index in [2.05, 4.69) is 11.4 Å². The topological polar surface area (TPSA) is 28.7 Å². The lowest BCUT2D eigenvalue weighted by atomic mass is 10.1. The molecule has 0 aromatic carbocycles. The van der Waals surface area contributed by atoms with E-state index >= 15 is 0 Å². The zero-order chi connectivity index (χ0) is 9.26. The van der Waals surface area contributed by atoms with Crippen molar-refractivity contribution in [3.05, 3.63) is 34.8 Å². The highest BCUT2D eigenvalue weighted by atomic mass is 32.1. The van der Waals surface area contributed by atoms with Gasteiger partial charge in [0, 0.05) is 18.8 Å². The standard InChI is InChI=1S/C10H8N2S/c1-12-4-2-9(10(12)6-11)8-3-5-13-7-8/h2-5,7H,1H3. The molecule has 64 valence electrons. The first-order valence-corrected chi connectivity index (χ1v) is 4.85. The molecule has 2 aromatic heterocycles. The van der Waals surface area contributed by atoms with Crippen LogP contribution in [-0.2, 0) is 7.05 Å². The first-order chi connectivity index (χ1) is 6.33. The molecule has 0 unspecified atom stereocenters. The molecule has 0 saturated carbocycles. The molecule has 0 aliphatic rings. The van der Waals surface area contributed by atoms with Gasteiger partial charge >= 0.3 is 0 Å². The lowest BCUT2D eigenvalue weighted by molar-refractivity contribution is 0.909. The highest BCUT2D eigenvalue weighted by Gasteiger charge is 2.07. The second-order valence-corrected chi connectivity index (χ2v) is 3.59. The van der Waals surface area contributed by atoms with Crippen LogP contribution in [0.25, 0.3) is 11.1 Å². The fraction of sp³-hybridized carbons (Fsp3) is 0.100. The van der Waals surface area contributed by atoms with E-state index < -0.39 is 0 Å². The van der Waals surface area contributed by atoms with Gasteiger partial charge in [0.2, 0.25) is 0 Å². The zero-order valence-electron chi connectivity index (χ0n) is 7.19.